The van der Waals surface area contributed by atoms with Crippen LogP contribution in [-0.4, -0.2) is 25.2 Å². The summed E-state index contributed by atoms with van der Waals surface area (Å²) in [6.45, 7) is 4.53. The first-order valence-corrected chi connectivity index (χ1v) is 7.86. The molecule has 1 aromatic heterocycles. The van der Waals surface area contributed by atoms with Crippen molar-refractivity contribution in [3.63, 3.8) is 0 Å². The third-order valence-corrected chi connectivity index (χ3v) is 4.60. The number of nitrogens with zero attached hydrogens (tertiary/aromatic N) is 1. The van der Waals surface area contributed by atoms with Crippen molar-refractivity contribution in [3.05, 3.63) is 40.9 Å². The van der Waals surface area contributed by atoms with Gasteiger partial charge in [0, 0.05) is 36.2 Å². The van der Waals surface area contributed by atoms with E-state index in [4.69, 9.17) is 4.74 Å². The first kappa shape index (κ1) is 14.5. The number of aryl methyl sites for hydroxylation is 1. The van der Waals surface area contributed by atoms with Gasteiger partial charge in [0.2, 0.25) is 0 Å². The topological polar surface area (TPSA) is 34.1 Å². The molecule has 0 bridgehead atoms. The van der Waals surface area contributed by atoms with Crippen LogP contribution in [-0.2, 0) is 11.3 Å². The summed E-state index contributed by atoms with van der Waals surface area (Å²) in [4.78, 5) is 5.69. The maximum atomic E-state index is 5.00. The molecule has 0 amide bonds. The number of hydrogen-bond donors (Lipinski definition) is 1. The third kappa shape index (κ3) is 4.95. The highest BCUT2D eigenvalue weighted by molar-refractivity contribution is 8.01. The van der Waals surface area contributed by atoms with Crippen LogP contribution in [0.15, 0.2) is 38.9 Å². The minimum Gasteiger partial charge on any atom is -0.383 e. The summed E-state index contributed by atoms with van der Waals surface area (Å²) in [5, 5.41) is 5.41. The molecule has 0 radical (unpaired) electrons. The first-order valence-electron chi connectivity index (χ1n) is 6.16. The molecule has 2 aromatic rings. The smallest absolute Gasteiger partial charge is 0.154 e. The second-order valence-corrected chi connectivity index (χ2v) is 6.35. The van der Waals surface area contributed by atoms with E-state index in [-0.39, 0.29) is 0 Å². The molecule has 0 saturated carbocycles. The van der Waals surface area contributed by atoms with E-state index in [9.17, 15) is 0 Å². The molecule has 0 spiro atoms. The number of rotatable bonds is 7. The largest absolute Gasteiger partial charge is 0.383 e. The summed E-state index contributed by atoms with van der Waals surface area (Å²) in [5.74, 6) is 0. The highest BCUT2D eigenvalue weighted by Crippen LogP contribution is 2.30. The predicted octanol–water partition coefficient (Wildman–Crippen LogP) is 3.34. The van der Waals surface area contributed by atoms with Crippen molar-refractivity contribution in [2.24, 2.45) is 0 Å². The fourth-order valence-electron chi connectivity index (χ4n) is 1.56. The van der Waals surface area contributed by atoms with Gasteiger partial charge in [-0.25, -0.2) is 4.98 Å². The van der Waals surface area contributed by atoms with Crippen LogP contribution in [0.5, 0.6) is 0 Å². The minimum absolute atomic E-state index is 0.747. The van der Waals surface area contributed by atoms with Gasteiger partial charge >= 0.3 is 0 Å². The van der Waals surface area contributed by atoms with Crippen LogP contribution in [0.25, 0.3) is 0 Å². The van der Waals surface area contributed by atoms with Crippen molar-refractivity contribution >= 4 is 23.1 Å². The van der Waals surface area contributed by atoms with E-state index in [1.807, 2.05) is 6.92 Å². The van der Waals surface area contributed by atoms with E-state index in [1.54, 1.807) is 30.2 Å². The van der Waals surface area contributed by atoms with Gasteiger partial charge in [-0.2, -0.15) is 0 Å². The van der Waals surface area contributed by atoms with Crippen LogP contribution in [0, 0.1) is 6.92 Å². The Bertz CT molecular complexity index is 496. The number of hydrogen-bond acceptors (Lipinski definition) is 5. The van der Waals surface area contributed by atoms with Gasteiger partial charge in [0.25, 0.3) is 0 Å². The lowest BCUT2D eigenvalue weighted by atomic mass is 10.2. The van der Waals surface area contributed by atoms with Gasteiger partial charge in [-0.05, 0) is 24.6 Å². The molecule has 1 heterocycles. The average molecular weight is 294 g/mol. The van der Waals surface area contributed by atoms with Crippen LogP contribution >= 0.6 is 23.1 Å². The molecule has 0 aliphatic rings. The summed E-state index contributed by atoms with van der Waals surface area (Å²) in [6, 6.07) is 8.61. The van der Waals surface area contributed by atoms with Crippen LogP contribution in [0.1, 0.15) is 11.3 Å². The molecule has 2 rings (SSSR count). The Morgan fingerprint density at radius 2 is 2.11 bits per heavy atom. The van der Waals surface area contributed by atoms with Crippen molar-refractivity contribution in [3.8, 4) is 0 Å². The van der Waals surface area contributed by atoms with Gasteiger partial charge in [-0.1, -0.05) is 23.9 Å². The van der Waals surface area contributed by atoms with E-state index in [0.29, 0.717) is 0 Å². The lowest BCUT2D eigenvalue weighted by Gasteiger charge is -2.05. The Morgan fingerprint density at radius 1 is 1.32 bits per heavy atom. The zero-order valence-electron chi connectivity index (χ0n) is 11.2. The van der Waals surface area contributed by atoms with Gasteiger partial charge in [-0.15, -0.1) is 11.3 Å². The average Bonchev–Trinajstić information content (AvgIpc) is 2.82. The normalized spacial score (nSPS) is 10.8. The van der Waals surface area contributed by atoms with Gasteiger partial charge in [0.15, 0.2) is 4.34 Å². The van der Waals surface area contributed by atoms with Gasteiger partial charge in [-0.3, -0.25) is 0 Å². The number of aromatic nitrogens is 1. The fourth-order valence-corrected chi connectivity index (χ4v) is 3.37. The molecule has 0 aliphatic carbocycles. The molecule has 19 heavy (non-hydrogen) atoms. The van der Waals surface area contributed by atoms with Crippen molar-refractivity contribution in [2.75, 3.05) is 20.3 Å². The molecule has 0 saturated heterocycles. The number of thiazole rings is 1. The van der Waals surface area contributed by atoms with E-state index in [2.05, 4.69) is 39.9 Å². The quantitative estimate of drug-likeness (QED) is 0.794. The zero-order valence-corrected chi connectivity index (χ0v) is 12.8. The Hall–Kier alpha value is -0.880. The summed E-state index contributed by atoms with van der Waals surface area (Å²) >= 11 is 3.41. The van der Waals surface area contributed by atoms with Crippen molar-refractivity contribution in [2.45, 2.75) is 22.7 Å². The molecule has 0 unspecified atom stereocenters. The number of nitrogens with one attached hydrogen (secondary N) is 1. The SMILES string of the molecule is COCCNCc1ccc(Sc2nc(C)cs2)cc1. The Morgan fingerprint density at radius 3 is 2.74 bits per heavy atom. The van der Waals surface area contributed by atoms with E-state index >= 15 is 0 Å². The Balaban J connectivity index is 1.84. The molecule has 0 fully saturated rings. The number of benzene rings is 1. The Kier molecular flexibility index (Phi) is 5.85. The molecule has 102 valence electrons. The molecule has 1 N–H and O–H groups in total. The van der Waals surface area contributed by atoms with E-state index in [1.165, 1.54) is 10.5 Å². The highest BCUT2D eigenvalue weighted by atomic mass is 32.2. The minimum atomic E-state index is 0.747. The second-order valence-electron chi connectivity index (χ2n) is 4.17. The van der Waals surface area contributed by atoms with Gasteiger partial charge in [0.05, 0.1) is 6.61 Å². The zero-order chi connectivity index (χ0) is 13.5. The summed E-state index contributed by atoms with van der Waals surface area (Å²) in [6.07, 6.45) is 0. The fraction of sp³-hybridized carbons (Fsp3) is 0.357. The molecule has 0 aliphatic heterocycles. The second kappa shape index (κ2) is 7.65. The lowest BCUT2D eigenvalue weighted by molar-refractivity contribution is 0.199. The summed E-state index contributed by atoms with van der Waals surface area (Å²) in [5.41, 5.74) is 2.38. The number of methoxy groups -OCH3 is 1. The predicted molar refractivity (Wildman–Crippen MR) is 81.0 cm³/mol. The van der Waals surface area contributed by atoms with Crippen LogP contribution in [0.2, 0.25) is 0 Å². The van der Waals surface area contributed by atoms with Gasteiger partial charge < -0.3 is 10.1 Å². The first-order chi connectivity index (χ1) is 9.28. The summed E-state index contributed by atoms with van der Waals surface area (Å²) < 4.78 is 6.10. The van der Waals surface area contributed by atoms with Crippen molar-refractivity contribution in [1.82, 2.24) is 10.3 Å². The Labute approximate surface area is 122 Å². The van der Waals surface area contributed by atoms with E-state index < -0.39 is 0 Å². The standard InChI is InChI=1S/C14H18N2OS2/c1-11-10-18-14(16-11)19-13-5-3-12(4-6-13)9-15-7-8-17-2/h3-6,10,15H,7-9H2,1-2H3. The van der Waals surface area contributed by atoms with Crippen LogP contribution in [0.4, 0.5) is 0 Å². The maximum absolute atomic E-state index is 5.00. The maximum Gasteiger partial charge on any atom is 0.154 e. The van der Waals surface area contributed by atoms with Crippen LogP contribution in [0.3, 0.4) is 0 Å². The van der Waals surface area contributed by atoms with Crippen LogP contribution < -0.4 is 5.32 Å². The molecular weight excluding hydrogens is 276 g/mol. The van der Waals surface area contributed by atoms with Crippen molar-refractivity contribution < 1.29 is 4.74 Å². The number of ether oxygens (including phenoxy) is 1. The third-order valence-electron chi connectivity index (χ3n) is 2.54. The molecule has 3 nitrogen and oxygen atoms in total. The summed E-state index contributed by atoms with van der Waals surface area (Å²) in [7, 11) is 1.72. The molecule has 1 aromatic carbocycles. The van der Waals surface area contributed by atoms with Gasteiger partial charge in [0.1, 0.15) is 0 Å². The van der Waals surface area contributed by atoms with E-state index in [0.717, 1.165) is 29.7 Å². The highest BCUT2D eigenvalue weighted by Gasteiger charge is 2.01. The molecule has 0 atom stereocenters. The molecular formula is C14H18N2OS2. The molecule has 5 heteroatoms. The monoisotopic (exact) mass is 294 g/mol. The van der Waals surface area contributed by atoms with Crippen molar-refractivity contribution in [1.29, 1.82) is 0 Å². The lowest BCUT2D eigenvalue weighted by Crippen LogP contribution is -2.18.